The average Bonchev–Trinajstić information content (AvgIpc) is 1.88. The van der Waals surface area contributed by atoms with Crippen LogP contribution >= 0.6 is 0 Å². The second-order valence-corrected chi connectivity index (χ2v) is 3.55. The minimum absolute atomic E-state index is 0. The van der Waals surface area contributed by atoms with Crippen LogP contribution in [-0.2, 0) is 0 Å². The van der Waals surface area contributed by atoms with E-state index >= 15 is 0 Å². The second kappa shape index (κ2) is 3.24. The van der Waals surface area contributed by atoms with Crippen molar-refractivity contribution >= 4 is 0 Å². The summed E-state index contributed by atoms with van der Waals surface area (Å²) in [6.45, 7) is 4.71. The van der Waals surface area contributed by atoms with Crippen molar-refractivity contribution in [1.82, 2.24) is 0 Å². The minimum atomic E-state index is 0. The van der Waals surface area contributed by atoms with Gasteiger partial charge in [-0.25, -0.2) is 0 Å². The van der Waals surface area contributed by atoms with Crippen LogP contribution in [0.15, 0.2) is 0 Å². The van der Waals surface area contributed by atoms with E-state index < -0.39 is 0 Å². The van der Waals surface area contributed by atoms with Crippen LogP contribution in [0.5, 0.6) is 0 Å². The molecule has 2 unspecified atom stereocenters. The Labute approximate surface area is 60.1 Å². The maximum atomic E-state index is 2.39. The van der Waals surface area contributed by atoms with E-state index in [9.17, 15) is 0 Å². The van der Waals surface area contributed by atoms with Crippen molar-refractivity contribution in [1.29, 1.82) is 0 Å². The van der Waals surface area contributed by atoms with Crippen LogP contribution in [0, 0.1) is 11.8 Å². The number of hydrogen-bond acceptors (Lipinski definition) is 0. The molecule has 0 nitrogen and oxygen atoms in total. The van der Waals surface area contributed by atoms with Crippen molar-refractivity contribution in [3.8, 4) is 0 Å². The first kappa shape index (κ1) is 7.11. The molecule has 0 aromatic heterocycles. The van der Waals surface area contributed by atoms with Crippen molar-refractivity contribution in [3.05, 3.63) is 0 Å². The summed E-state index contributed by atoms with van der Waals surface area (Å²) in [7, 11) is 0. The van der Waals surface area contributed by atoms with Gasteiger partial charge in [-0.15, -0.1) is 0 Å². The smallest absolute Gasteiger partial charge is 0 e. The summed E-state index contributed by atoms with van der Waals surface area (Å²) in [4.78, 5) is 0. The molecule has 1 aliphatic carbocycles. The molecule has 0 bridgehead atoms. The van der Waals surface area contributed by atoms with E-state index in [1.54, 1.807) is 0 Å². The van der Waals surface area contributed by atoms with Crippen molar-refractivity contribution in [2.75, 3.05) is 0 Å². The molecule has 0 aromatic rings. The summed E-state index contributed by atoms with van der Waals surface area (Å²) >= 11 is 0. The Balaban J connectivity index is 0.000000810. The monoisotopic (exact) mass is 128 g/mol. The predicted molar refractivity (Wildman–Crippen MR) is 43.5 cm³/mol. The summed E-state index contributed by atoms with van der Waals surface area (Å²) in [5.74, 6) is 2.08. The highest BCUT2D eigenvalue weighted by atomic mass is 14.2. The van der Waals surface area contributed by atoms with Gasteiger partial charge in [-0.3, -0.25) is 0 Å². The first-order valence-electron chi connectivity index (χ1n) is 4.33. The van der Waals surface area contributed by atoms with Gasteiger partial charge >= 0.3 is 0 Å². The third kappa shape index (κ3) is 2.00. The molecule has 0 N–H and O–H groups in total. The summed E-state index contributed by atoms with van der Waals surface area (Å²) in [6, 6.07) is 0. The Morgan fingerprint density at radius 2 is 2.22 bits per heavy atom. The molecule has 9 heavy (non-hydrogen) atoms. The molecule has 0 aromatic carbocycles. The Morgan fingerprint density at radius 3 is 2.67 bits per heavy atom. The van der Waals surface area contributed by atoms with Crippen molar-refractivity contribution < 1.29 is 1.43 Å². The van der Waals surface area contributed by atoms with Crippen LogP contribution in [0.3, 0.4) is 0 Å². The molecular weight excluding hydrogens is 108 g/mol. The number of rotatable bonds is 1. The third-order valence-corrected chi connectivity index (χ3v) is 2.62. The molecule has 0 amide bonds. The van der Waals surface area contributed by atoms with Crippen LogP contribution in [0.25, 0.3) is 0 Å². The Hall–Kier alpha value is 0. The van der Waals surface area contributed by atoms with E-state index in [2.05, 4.69) is 13.8 Å². The molecule has 0 radical (unpaired) electrons. The van der Waals surface area contributed by atoms with Crippen LogP contribution in [0.2, 0.25) is 0 Å². The van der Waals surface area contributed by atoms with E-state index in [4.69, 9.17) is 0 Å². The molecule has 0 aliphatic heterocycles. The molecule has 0 saturated heterocycles. The fourth-order valence-corrected chi connectivity index (χ4v) is 1.93. The van der Waals surface area contributed by atoms with Gasteiger partial charge in [0.1, 0.15) is 0 Å². The molecule has 1 aliphatic rings. The highest BCUT2D eigenvalue weighted by Gasteiger charge is 2.16. The Bertz CT molecular complexity index is 80.8. The summed E-state index contributed by atoms with van der Waals surface area (Å²) in [5, 5.41) is 0. The quantitative estimate of drug-likeness (QED) is 0.507. The average molecular weight is 128 g/mol. The maximum Gasteiger partial charge on any atom is 0 e. The predicted octanol–water partition coefficient (Wildman–Crippen LogP) is 3.47. The molecule has 1 saturated carbocycles. The van der Waals surface area contributed by atoms with E-state index in [-0.39, 0.29) is 1.43 Å². The van der Waals surface area contributed by atoms with Gasteiger partial charge in [0.05, 0.1) is 0 Å². The van der Waals surface area contributed by atoms with Gasteiger partial charge in [-0.05, 0) is 18.3 Å². The lowest BCUT2D eigenvalue weighted by atomic mass is 9.81. The van der Waals surface area contributed by atoms with E-state index in [1.165, 1.54) is 32.1 Å². The van der Waals surface area contributed by atoms with E-state index in [0.29, 0.717) is 0 Å². The molecular formula is C9H20. The molecule has 1 fully saturated rings. The number of hydrogen-bond donors (Lipinski definition) is 0. The molecule has 0 heteroatoms. The second-order valence-electron chi connectivity index (χ2n) is 3.55. The fraction of sp³-hybridized carbons (Fsp3) is 1.00. The fourth-order valence-electron chi connectivity index (χ4n) is 1.93. The van der Waals surface area contributed by atoms with Crippen LogP contribution < -0.4 is 0 Å². The van der Waals surface area contributed by atoms with Crippen LogP contribution in [0.4, 0.5) is 0 Å². The largest absolute Gasteiger partial charge is 0.0651 e. The van der Waals surface area contributed by atoms with Crippen molar-refractivity contribution in [3.63, 3.8) is 0 Å². The Kier molecular flexibility index (Phi) is 2.56. The highest BCUT2D eigenvalue weighted by molar-refractivity contribution is 4.68. The van der Waals surface area contributed by atoms with Crippen molar-refractivity contribution in [2.45, 2.75) is 46.0 Å². The van der Waals surface area contributed by atoms with Crippen LogP contribution in [0.1, 0.15) is 47.4 Å². The van der Waals surface area contributed by atoms with Gasteiger partial charge < -0.3 is 0 Å². The normalized spacial score (nSPS) is 36.7. The maximum absolute atomic E-state index is 2.39. The van der Waals surface area contributed by atoms with Gasteiger partial charge in [-0.2, -0.15) is 0 Å². The first-order valence-corrected chi connectivity index (χ1v) is 4.33. The highest BCUT2D eigenvalue weighted by Crippen LogP contribution is 2.29. The van der Waals surface area contributed by atoms with Gasteiger partial charge in [-0.1, -0.05) is 39.5 Å². The SMILES string of the molecule is CCC1CCCC(C)C1.[HH]. The standard InChI is InChI=1S/C9H18.H2/c1-3-9-6-4-5-8(2)7-9;/h8-9H,3-7H2,1-2H3;1H. The zero-order valence-electron chi connectivity index (χ0n) is 6.69. The van der Waals surface area contributed by atoms with E-state index in [0.717, 1.165) is 11.8 Å². The Morgan fingerprint density at radius 1 is 1.44 bits per heavy atom. The topological polar surface area (TPSA) is 0 Å². The first-order chi connectivity index (χ1) is 4.33. The lowest BCUT2D eigenvalue weighted by Crippen LogP contribution is -2.11. The lowest BCUT2D eigenvalue weighted by Gasteiger charge is -2.25. The molecule has 56 valence electrons. The van der Waals surface area contributed by atoms with Gasteiger partial charge in [0.15, 0.2) is 0 Å². The van der Waals surface area contributed by atoms with Gasteiger partial charge in [0.25, 0.3) is 0 Å². The zero-order chi connectivity index (χ0) is 6.69. The lowest BCUT2D eigenvalue weighted by molar-refractivity contribution is 0.276. The van der Waals surface area contributed by atoms with Crippen molar-refractivity contribution in [2.24, 2.45) is 11.8 Å². The van der Waals surface area contributed by atoms with E-state index in [1.807, 2.05) is 0 Å². The van der Waals surface area contributed by atoms with Crippen LogP contribution in [-0.4, -0.2) is 0 Å². The van der Waals surface area contributed by atoms with Gasteiger partial charge in [0.2, 0.25) is 0 Å². The third-order valence-electron chi connectivity index (χ3n) is 2.62. The summed E-state index contributed by atoms with van der Waals surface area (Å²) in [5.41, 5.74) is 0. The molecule has 2 atom stereocenters. The minimum Gasteiger partial charge on any atom is -0.0651 e. The van der Waals surface area contributed by atoms with Gasteiger partial charge in [0, 0.05) is 1.43 Å². The summed E-state index contributed by atoms with van der Waals surface area (Å²) in [6.07, 6.45) is 7.37. The molecule has 0 heterocycles. The molecule has 0 spiro atoms. The summed E-state index contributed by atoms with van der Waals surface area (Å²) < 4.78 is 0. The molecule has 1 rings (SSSR count). The zero-order valence-corrected chi connectivity index (χ0v) is 6.69.